The number of nitrogens with one attached hydrogen (secondary N) is 1. The summed E-state index contributed by atoms with van der Waals surface area (Å²) in [6.45, 7) is 5.31. The standard InChI is InChI=1S/C22H23ClN2O4/c1-2-9-25(10-8-15-14-28-19-7-6-16(23)13-17(15)19)11-12-27-20-5-3-4-18-21(20)29-22(26)24-18/h3-7,13-14H,2,8-12H2,1H3,(H,24,26). The van der Waals surface area contributed by atoms with E-state index in [2.05, 4.69) is 16.8 Å². The van der Waals surface area contributed by atoms with Crippen molar-refractivity contribution in [3.63, 3.8) is 0 Å². The molecule has 0 bridgehead atoms. The van der Waals surface area contributed by atoms with Crippen molar-refractivity contribution in [2.45, 2.75) is 19.8 Å². The number of ether oxygens (including phenoxy) is 1. The van der Waals surface area contributed by atoms with Crippen molar-refractivity contribution in [1.29, 1.82) is 0 Å². The topological polar surface area (TPSA) is 71.6 Å². The number of aromatic amines is 1. The van der Waals surface area contributed by atoms with Crippen LogP contribution >= 0.6 is 11.6 Å². The highest BCUT2D eigenvalue weighted by Crippen LogP contribution is 2.25. The van der Waals surface area contributed by atoms with Gasteiger partial charge in [0.25, 0.3) is 0 Å². The van der Waals surface area contributed by atoms with Gasteiger partial charge in [-0.25, -0.2) is 4.79 Å². The summed E-state index contributed by atoms with van der Waals surface area (Å²) in [6.07, 6.45) is 3.74. The van der Waals surface area contributed by atoms with E-state index in [0.717, 1.165) is 49.0 Å². The fraction of sp³-hybridized carbons (Fsp3) is 0.318. The van der Waals surface area contributed by atoms with E-state index in [4.69, 9.17) is 25.2 Å². The van der Waals surface area contributed by atoms with E-state index in [-0.39, 0.29) is 0 Å². The molecule has 0 aliphatic carbocycles. The summed E-state index contributed by atoms with van der Waals surface area (Å²) in [5.74, 6) is 0.101. The fourth-order valence-electron chi connectivity index (χ4n) is 3.52. The number of furan rings is 1. The lowest BCUT2D eigenvalue weighted by atomic mass is 10.1. The Morgan fingerprint density at radius 3 is 2.93 bits per heavy atom. The monoisotopic (exact) mass is 414 g/mol. The first-order valence-corrected chi connectivity index (χ1v) is 10.1. The first kappa shape index (κ1) is 19.6. The van der Waals surface area contributed by atoms with Gasteiger partial charge in [0.2, 0.25) is 0 Å². The predicted molar refractivity (Wildman–Crippen MR) is 114 cm³/mol. The lowest BCUT2D eigenvalue weighted by molar-refractivity contribution is 0.210. The molecule has 0 saturated heterocycles. The zero-order chi connectivity index (χ0) is 20.2. The number of aromatic nitrogens is 1. The second kappa shape index (κ2) is 8.76. The lowest BCUT2D eigenvalue weighted by Crippen LogP contribution is -2.31. The summed E-state index contributed by atoms with van der Waals surface area (Å²) < 4.78 is 16.7. The summed E-state index contributed by atoms with van der Waals surface area (Å²) in [5.41, 5.74) is 3.11. The third kappa shape index (κ3) is 4.49. The van der Waals surface area contributed by atoms with Crippen molar-refractivity contribution in [2.75, 3.05) is 26.2 Å². The Morgan fingerprint density at radius 1 is 1.17 bits per heavy atom. The summed E-state index contributed by atoms with van der Waals surface area (Å²) in [7, 11) is 0. The molecule has 29 heavy (non-hydrogen) atoms. The summed E-state index contributed by atoms with van der Waals surface area (Å²) in [6, 6.07) is 11.1. The number of rotatable bonds is 9. The Kier molecular flexibility index (Phi) is 5.92. The first-order chi connectivity index (χ1) is 14.1. The molecule has 6 nitrogen and oxygen atoms in total. The van der Waals surface area contributed by atoms with Crippen molar-refractivity contribution in [3.05, 3.63) is 63.8 Å². The molecule has 4 aromatic rings. The van der Waals surface area contributed by atoms with Gasteiger partial charge < -0.3 is 13.6 Å². The van der Waals surface area contributed by atoms with Crippen LogP contribution < -0.4 is 10.5 Å². The molecule has 4 rings (SSSR count). The van der Waals surface area contributed by atoms with Crippen LogP contribution in [-0.2, 0) is 6.42 Å². The molecule has 2 heterocycles. The molecular formula is C22H23ClN2O4. The SMILES string of the molecule is CCCN(CCOc1cccc2[nH]c(=O)oc12)CCc1coc2ccc(Cl)cc12. The number of para-hydroxylation sites is 1. The Bertz CT molecular complexity index is 1160. The van der Waals surface area contributed by atoms with Crippen LogP contribution in [0.25, 0.3) is 22.1 Å². The third-order valence-corrected chi connectivity index (χ3v) is 5.16. The Hall–Kier alpha value is -2.70. The van der Waals surface area contributed by atoms with E-state index >= 15 is 0 Å². The highest BCUT2D eigenvalue weighted by molar-refractivity contribution is 6.31. The number of H-pyrrole nitrogens is 1. The quantitative estimate of drug-likeness (QED) is 0.423. The van der Waals surface area contributed by atoms with E-state index < -0.39 is 5.76 Å². The van der Waals surface area contributed by atoms with Gasteiger partial charge in [0, 0.05) is 23.5 Å². The van der Waals surface area contributed by atoms with Gasteiger partial charge in [-0.05, 0) is 55.3 Å². The normalized spacial score (nSPS) is 11.7. The van der Waals surface area contributed by atoms with Gasteiger partial charge >= 0.3 is 5.76 Å². The van der Waals surface area contributed by atoms with E-state index in [9.17, 15) is 4.79 Å². The second-order valence-corrected chi connectivity index (χ2v) is 7.43. The molecule has 0 unspecified atom stereocenters. The minimum Gasteiger partial charge on any atom is -0.488 e. The maximum atomic E-state index is 11.4. The number of benzene rings is 2. The van der Waals surface area contributed by atoms with Crippen LogP contribution in [0.1, 0.15) is 18.9 Å². The van der Waals surface area contributed by atoms with Crippen molar-refractivity contribution >= 4 is 33.7 Å². The zero-order valence-electron chi connectivity index (χ0n) is 16.2. The predicted octanol–water partition coefficient (Wildman–Crippen LogP) is 4.85. The van der Waals surface area contributed by atoms with Crippen LogP contribution in [0.2, 0.25) is 5.02 Å². The highest BCUT2D eigenvalue weighted by atomic mass is 35.5. The van der Waals surface area contributed by atoms with Crippen LogP contribution in [0, 0.1) is 0 Å². The van der Waals surface area contributed by atoms with Gasteiger partial charge in [0.1, 0.15) is 12.2 Å². The number of hydrogen-bond acceptors (Lipinski definition) is 5. The minimum absolute atomic E-state index is 0.460. The van der Waals surface area contributed by atoms with Crippen molar-refractivity contribution in [3.8, 4) is 5.75 Å². The summed E-state index contributed by atoms with van der Waals surface area (Å²) >= 11 is 6.13. The Balaban J connectivity index is 1.37. The van der Waals surface area contributed by atoms with Crippen molar-refractivity contribution in [2.24, 2.45) is 0 Å². The van der Waals surface area contributed by atoms with Crippen LogP contribution in [0.4, 0.5) is 0 Å². The van der Waals surface area contributed by atoms with Gasteiger partial charge in [-0.15, -0.1) is 0 Å². The molecule has 7 heteroatoms. The number of halogens is 1. The highest BCUT2D eigenvalue weighted by Gasteiger charge is 2.11. The lowest BCUT2D eigenvalue weighted by Gasteiger charge is -2.21. The van der Waals surface area contributed by atoms with Crippen molar-refractivity contribution < 1.29 is 13.6 Å². The maximum absolute atomic E-state index is 11.4. The molecule has 0 fully saturated rings. The first-order valence-electron chi connectivity index (χ1n) is 9.76. The van der Waals surface area contributed by atoms with Gasteiger partial charge in [-0.1, -0.05) is 24.6 Å². The fourth-order valence-corrected chi connectivity index (χ4v) is 3.70. The smallest absolute Gasteiger partial charge is 0.417 e. The Morgan fingerprint density at radius 2 is 2.07 bits per heavy atom. The molecule has 152 valence electrons. The molecule has 2 aromatic carbocycles. The Labute approximate surface area is 173 Å². The number of oxazole rings is 1. The van der Waals surface area contributed by atoms with Gasteiger partial charge in [0.15, 0.2) is 11.3 Å². The van der Waals surface area contributed by atoms with Gasteiger partial charge in [-0.2, -0.15) is 0 Å². The zero-order valence-corrected chi connectivity index (χ0v) is 17.0. The second-order valence-electron chi connectivity index (χ2n) is 6.99. The number of nitrogens with zero attached hydrogens (tertiary/aromatic N) is 1. The number of hydrogen-bond donors (Lipinski definition) is 1. The summed E-state index contributed by atoms with van der Waals surface area (Å²) in [4.78, 5) is 16.4. The molecule has 0 spiro atoms. The summed E-state index contributed by atoms with van der Waals surface area (Å²) in [5, 5.41) is 1.78. The van der Waals surface area contributed by atoms with Crippen LogP contribution in [0.5, 0.6) is 5.75 Å². The van der Waals surface area contributed by atoms with Gasteiger partial charge in [-0.3, -0.25) is 9.88 Å². The van der Waals surface area contributed by atoms with Crippen LogP contribution in [0.3, 0.4) is 0 Å². The average Bonchev–Trinajstić information content (AvgIpc) is 3.28. The third-order valence-electron chi connectivity index (χ3n) is 4.93. The molecule has 0 atom stereocenters. The van der Waals surface area contributed by atoms with Crippen molar-refractivity contribution in [1.82, 2.24) is 9.88 Å². The van der Waals surface area contributed by atoms with E-state index in [0.29, 0.717) is 28.5 Å². The van der Waals surface area contributed by atoms with E-state index in [1.807, 2.05) is 36.6 Å². The largest absolute Gasteiger partial charge is 0.488 e. The minimum atomic E-state index is -0.476. The molecule has 0 saturated carbocycles. The van der Waals surface area contributed by atoms with Gasteiger partial charge in [0.05, 0.1) is 11.8 Å². The molecular weight excluding hydrogens is 392 g/mol. The molecule has 0 amide bonds. The molecule has 1 N–H and O–H groups in total. The van der Waals surface area contributed by atoms with E-state index in [1.54, 1.807) is 6.07 Å². The van der Waals surface area contributed by atoms with Crippen LogP contribution in [0.15, 0.2) is 56.3 Å². The van der Waals surface area contributed by atoms with Crippen LogP contribution in [-0.4, -0.2) is 36.1 Å². The molecule has 2 aromatic heterocycles. The number of fused-ring (bicyclic) bond motifs is 2. The molecule has 0 radical (unpaired) electrons. The maximum Gasteiger partial charge on any atom is 0.417 e. The molecule has 0 aliphatic heterocycles. The van der Waals surface area contributed by atoms with E-state index in [1.165, 1.54) is 0 Å². The molecule has 0 aliphatic rings. The average molecular weight is 415 g/mol.